The molecular formula is C9H12BrClN2O. The highest BCUT2D eigenvalue weighted by Crippen LogP contribution is 2.09. The summed E-state index contributed by atoms with van der Waals surface area (Å²) in [6.07, 6.45) is 1.75. The maximum Gasteiger partial charge on any atom is 0.126 e. The van der Waals surface area contributed by atoms with E-state index in [1.54, 1.807) is 6.20 Å². The zero-order chi connectivity index (χ0) is 10.2. The van der Waals surface area contributed by atoms with Crippen molar-refractivity contribution in [2.75, 3.05) is 31.0 Å². The van der Waals surface area contributed by atoms with Gasteiger partial charge in [-0.25, -0.2) is 4.98 Å². The van der Waals surface area contributed by atoms with Crippen LogP contribution in [0.3, 0.4) is 0 Å². The van der Waals surface area contributed by atoms with Gasteiger partial charge in [-0.2, -0.15) is 0 Å². The molecule has 0 aromatic carbocycles. The molecule has 0 aliphatic carbocycles. The van der Waals surface area contributed by atoms with Gasteiger partial charge in [0.2, 0.25) is 0 Å². The van der Waals surface area contributed by atoms with E-state index in [1.165, 1.54) is 0 Å². The first-order chi connectivity index (χ1) is 6.83. The molecule has 1 rings (SSSR count). The Morgan fingerprint density at radius 3 is 2.93 bits per heavy atom. The van der Waals surface area contributed by atoms with Gasteiger partial charge in [0.1, 0.15) is 5.82 Å². The van der Waals surface area contributed by atoms with Crippen LogP contribution in [0.4, 0.5) is 5.82 Å². The first kappa shape index (κ1) is 11.8. The largest absolute Gasteiger partial charge is 0.378 e. The Kier molecular flexibility index (Phi) is 5.91. The van der Waals surface area contributed by atoms with E-state index in [2.05, 4.69) is 26.2 Å². The summed E-state index contributed by atoms with van der Waals surface area (Å²) in [6.45, 7) is 1.98. The predicted molar refractivity (Wildman–Crippen MR) is 62.0 cm³/mol. The van der Waals surface area contributed by atoms with Gasteiger partial charge in [-0.15, -0.1) is 11.6 Å². The average Bonchev–Trinajstić information content (AvgIpc) is 2.21. The van der Waals surface area contributed by atoms with Crippen molar-refractivity contribution in [3.05, 3.63) is 22.8 Å². The average molecular weight is 280 g/mol. The number of halogens is 2. The zero-order valence-corrected chi connectivity index (χ0v) is 10.0. The molecule has 0 aliphatic rings. The number of anilines is 1. The summed E-state index contributed by atoms with van der Waals surface area (Å²) in [7, 11) is 0. The van der Waals surface area contributed by atoms with E-state index in [1.807, 2.05) is 12.1 Å². The summed E-state index contributed by atoms with van der Waals surface area (Å²) in [4.78, 5) is 4.16. The summed E-state index contributed by atoms with van der Waals surface area (Å²) in [6, 6.07) is 3.85. The summed E-state index contributed by atoms with van der Waals surface area (Å²) < 4.78 is 6.17. The minimum absolute atomic E-state index is 0.538. The van der Waals surface area contributed by atoms with E-state index < -0.39 is 0 Å². The molecule has 0 spiro atoms. The Labute approximate surface area is 96.9 Å². The van der Waals surface area contributed by atoms with Crippen LogP contribution in [0.25, 0.3) is 0 Å². The minimum Gasteiger partial charge on any atom is -0.378 e. The molecule has 1 aromatic rings. The molecule has 3 nitrogen and oxygen atoms in total. The van der Waals surface area contributed by atoms with Crippen molar-refractivity contribution < 1.29 is 4.74 Å². The van der Waals surface area contributed by atoms with E-state index >= 15 is 0 Å². The van der Waals surface area contributed by atoms with Crippen LogP contribution < -0.4 is 5.32 Å². The summed E-state index contributed by atoms with van der Waals surface area (Å²) in [5.41, 5.74) is 0. The Balaban J connectivity index is 2.15. The lowest BCUT2D eigenvalue weighted by Gasteiger charge is -2.05. The number of alkyl halides is 1. The fourth-order valence-electron chi connectivity index (χ4n) is 0.888. The summed E-state index contributed by atoms with van der Waals surface area (Å²) >= 11 is 8.77. The van der Waals surface area contributed by atoms with E-state index in [0.29, 0.717) is 19.1 Å². The first-order valence-electron chi connectivity index (χ1n) is 4.32. The molecule has 0 fully saturated rings. The number of nitrogens with one attached hydrogen (secondary N) is 1. The van der Waals surface area contributed by atoms with E-state index in [0.717, 1.165) is 16.8 Å². The quantitative estimate of drug-likeness (QED) is 0.642. The Bertz CT molecular complexity index is 255. The van der Waals surface area contributed by atoms with Gasteiger partial charge in [0, 0.05) is 23.1 Å². The highest BCUT2D eigenvalue weighted by molar-refractivity contribution is 9.10. The number of nitrogens with zero attached hydrogens (tertiary/aromatic N) is 1. The van der Waals surface area contributed by atoms with Crippen LogP contribution in [0.15, 0.2) is 22.8 Å². The molecule has 0 aliphatic heterocycles. The molecule has 14 heavy (non-hydrogen) atoms. The Hall–Kier alpha value is -0.320. The van der Waals surface area contributed by atoms with Gasteiger partial charge in [-0.3, -0.25) is 0 Å². The maximum absolute atomic E-state index is 5.45. The van der Waals surface area contributed by atoms with Crippen molar-refractivity contribution >= 4 is 33.3 Å². The van der Waals surface area contributed by atoms with Gasteiger partial charge in [-0.1, -0.05) is 0 Å². The zero-order valence-electron chi connectivity index (χ0n) is 7.67. The molecule has 1 aromatic heterocycles. The normalized spacial score (nSPS) is 10.1. The predicted octanol–water partition coefficient (Wildman–Crippen LogP) is 2.51. The number of hydrogen-bond acceptors (Lipinski definition) is 3. The molecule has 0 unspecified atom stereocenters. The van der Waals surface area contributed by atoms with Crippen molar-refractivity contribution in [3.63, 3.8) is 0 Å². The van der Waals surface area contributed by atoms with E-state index in [4.69, 9.17) is 16.3 Å². The molecule has 1 N–H and O–H groups in total. The van der Waals surface area contributed by atoms with Crippen molar-refractivity contribution in [3.8, 4) is 0 Å². The van der Waals surface area contributed by atoms with Crippen molar-refractivity contribution in [1.29, 1.82) is 0 Å². The highest BCUT2D eigenvalue weighted by Gasteiger charge is 1.92. The maximum atomic E-state index is 5.45. The molecule has 0 atom stereocenters. The van der Waals surface area contributed by atoms with Gasteiger partial charge in [-0.05, 0) is 28.1 Å². The lowest BCUT2D eigenvalue weighted by atomic mass is 10.4. The summed E-state index contributed by atoms with van der Waals surface area (Å²) in [5.74, 6) is 1.39. The number of hydrogen-bond donors (Lipinski definition) is 1. The fraction of sp³-hybridized carbons (Fsp3) is 0.444. The van der Waals surface area contributed by atoms with Crippen LogP contribution in [-0.2, 0) is 4.74 Å². The third-order valence-electron chi connectivity index (χ3n) is 1.50. The molecule has 0 saturated heterocycles. The first-order valence-corrected chi connectivity index (χ1v) is 5.65. The summed E-state index contributed by atoms with van der Waals surface area (Å²) in [5, 5.41) is 3.13. The highest BCUT2D eigenvalue weighted by atomic mass is 79.9. The molecular weight excluding hydrogens is 267 g/mol. The topological polar surface area (TPSA) is 34.1 Å². The van der Waals surface area contributed by atoms with Crippen molar-refractivity contribution in [1.82, 2.24) is 4.98 Å². The third-order valence-corrected chi connectivity index (χ3v) is 2.12. The van der Waals surface area contributed by atoms with Crippen LogP contribution in [0.5, 0.6) is 0 Å². The molecule has 0 radical (unpaired) electrons. The lowest BCUT2D eigenvalue weighted by Crippen LogP contribution is -2.11. The van der Waals surface area contributed by atoms with Gasteiger partial charge in [0.25, 0.3) is 0 Å². The van der Waals surface area contributed by atoms with Gasteiger partial charge in [0.05, 0.1) is 13.2 Å². The van der Waals surface area contributed by atoms with Gasteiger partial charge in [0.15, 0.2) is 0 Å². The number of aromatic nitrogens is 1. The third kappa shape index (κ3) is 4.79. The second-order valence-electron chi connectivity index (χ2n) is 2.59. The molecule has 0 bridgehead atoms. The molecule has 0 amide bonds. The molecule has 1 heterocycles. The van der Waals surface area contributed by atoms with Crippen LogP contribution in [-0.4, -0.2) is 30.6 Å². The molecule has 0 saturated carbocycles. The SMILES string of the molecule is ClCCOCCNc1ccc(Br)cn1. The van der Waals surface area contributed by atoms with Crippen molar-refractivity contribution in [2.45, 2.75) is 0 Å². The molecule has 5 heteroatoms. The van der Waals surface area contributed by atoms with Gasteiger partial charge < -0.3 is 10.1 Å². The standard InChI is InChI=1S/C9H12BrClN2O/c10-8-1-2-9(13-7-8)12-4-6-14-5-3-11/h1-2,7H,3-6H2,(H,12,13). The number of ether oxygens (including phenoxy) is 1. The fourth-order valence-corrected chi connectivity index (χ4v) is 1.23. The van der Waals surface area contributed by atoms with Crippen LogP contribution in [0, 0.1) is 0 Å². The van der Waals surface area contributed by atoms with E-state index in [-0.39, 0.29) is 0 Å². The Morgan fingerprint density at radius 1 is 1.43 bits per heavy atom. The van der Waals surface area contributed by atoms with Gasteiger partial charge >= 0.3 is 0 Å². The number of pyridine rings is 1. The lowest BCUT2D eigenvalue weighted by molar-refractivity contribution is 0.160. The molecule has 78 valence electrons. The van der Waals surface area contributed by atoms with E-state index in [9.17, 15) is 0 Å². The van der Waals surface area contributed by atoms with Crippen molar-refractivity contribution in [2.24, 2.45) is 0 Å². The monoisotopic (exact) mass is 278 g/mol. The Morgan fingerprint density at radius 2 is 2.29 bits per heavy atom. The minimum atomic E-state index is 0.538. The second-order valence-corrected chi connectivity index (χ2v) is 3.88. The van der Waals surface area contributed by atoms with Crippen LogP contribution in [0.1, 0.15) is 0 Å². The van der Waals surface area contributed by atoms with Crippen LogP contribution >= 0.6 is 27.5 Å². The second kappa shape index (κ2) is 7.04. The smallest absolute Gasteiger partial charge is 0.126 e. The van der Waals surface area contributed by atoms with Crippen LogP contribution in [0.2, 0.25) is 0 Å². The number of rotatable bonds is 6.